The third-order valence-corrected chi connectivity index (χ3v) is 5.82. The molecule has 1 N–H and O–H groups in total. The fraction of sp³-hybridized carbons (Fsp3) is 0.118. The first-order valence-corrected chi connectivity index (χ1v) is 9.62. The number of nitrogens with zero attached hydrogens (tertiary/aromatic N) is 4. The van der Waals surface area contributed by atoms with Crippen LogP contribution in [0.5, 0.6) is 0 Å². The minimum atomic E-state index is -3.69. The second-order valence-electron chi connectivity index (χ2n) is 5.74. The number of para-hydroxylation sites is 1. The van der Waals surface area contributed by atoms with Gasteiger partial charge >= 0.3 is 0 Å². The molecule has 1 heterocycles. The zero-order valence-corrected chi connectivity index (χ0v) is 16.1. The molecule has 0 atom stereocenters. The highest BCUT2D eigenvalue weighted by Gasteiger charge is 2.21. The Labute approximate surface area is 161 Å². The van der Waals surface area contributed by atoms with Gasteiger partial charge in [-0.25, -0.2) is 12.7 Å². The van der Waals surface area contributed by atoms with E-state index in [0.717, 1.165) is 9.99 Å². The van der Waals surface area contributed by atoms with Crippen LogP contribution in [0.1, 0.15) is 10.4 Å². The summed E-state index contributed by atoms with van der Waals surface area (Å²) in [5.74, 6) is -0.378. The predicted molar refractivity (Wildman–Crippen MR) is 102 cm³/mol. The second-order valence-corrected chi connectivity index (χ2v) is 8.30. The van der Waals surface area contributed by atoms with Crippen LogP contribution in [-0.4, -0.2) is 47.7 Å². The summed E-state index contributed by atoms with van der Waals surface area (Å²) in [7, 11) is -0.875. The molecule has 0 bridgehead atoms. The molecule has 0 radical (unpaired) electrons. The minimum absolute atomic E-state index is 0.0221. The fourth-order valence-electron chi connectivity index (χ4n) is 2.24. The van der Waals surface area contributed by atoms with Crippen LogP contribution >= 0.6 is 11.6 Å². The Bertz CT molecular complexity index is 1080. The maximum Gasteiger partial charge on any atom is 0.258 e. The number of nitrogens with one attached hydrogen (secondary N) is 1. The number of hydrogen-bond donors (Lipinski definition) is 1. The smallest absolute Gasteiger partial charge is 0.258 e. The summed E-state index contributed by atoms with van der Waals surface area (Å²) in [5, 5.41) is 11.0. The number of halogens is 1. The Hall–Kier alpha value is -2.75. The molecule has 0 saturated carbocycles. The molecule has 8 nitrogen and oxygen atoms in total. The number of rotatable bonds is 5. The van der Waals surface area contributed by atoms with Crippen LogP contribution in [0.15, 0.2) is 59.6 Å². The maximum atomic E-state index is 12.5. The first-order valence-electron chi connectivity index (χ1n) is 7.80. The van der Waals surface area contributed by atoms with E-state index in [4.69, 9.17) is 11.6 Å². The van der Waals surface area contributed by atoms with Crippen LogP contribution in [0.2, 0.25) is 5.02 Å². The van der Waals surface area contributed by atoms with Crippen LogP contribution in [0.4, 0.5) is 5.82 Å². The fourth-order valence-corrected chi connectivity index (χ4v) is 3.37. The molecule has 3 aromatic rings. The lowest BCUT2D eigenvalue weighted by Gasteiger charge is -2.13. The normalized spacial score (nSPS) is 11.6. The highest BCUT2D eigenvalue weighted by atomic mass is 35.5. The van der Waals surface area contributed by atoms with E-state index in [1.165, 1.54) is 43.3 Å². The van der Waals surface area contributed by atoms with Gasteiger partial charge in [0.05, 0.1) is 27.4 Å². The van der Waals surface area contributed by atoms with Crippen molar-refractivity contribution in [3.8, 4) is 5.69 Å². The molecule has 27 heavy (non-hydrogen) atoms. The summed E-state index contributed by atoms with van der Waals surface area (Å²) in [6.07, 6.45) is 1.39. The van der Waals surface area contributed by atoms with Gasteiger partial charge in [-0.2, -0.15) is 5.10 Å². The average Bonchev–Trinajstić information content (AvgIpc) is 3.11. The van der Waals surface area contributed by atoms with E-state index in [-0.39, 0.29) is 21.3 Å². The number of amides is 1. The lowest BCUT2D eigenvalue weighted by Crippen LogP contribution is -2.23. The van der Waals surface area contributed by atoms with Crippen LogP contribution in [0, 0.1) is 0 Å². The topological polar surface area (TPSA) is 97.2 Å². The third kappa shape index (κ3) is 4.00. The molecule has 0 spiro atoms. The quantitative estimate of drug-likeness (QED) is 0.703. The molecular weight excluding hydrogens is 390 g/mol. The number of carbonyl (C=O) groups is 1. The predicted octanol–water partition coefficient (Wildman–Crippen LogP) is 2.42. The van der Waals surface area contributed by atoms with Crippen LogP contribution in [-0.2, 0) is 10.0 Å². The van der Waals surface area contributed by atoms with E-state index in [2.05, 4.69) is 15.5 Å². The Balaban J connectivity index is 1.86. The third-order valence-electron chi connectivity index (χ3n) is 3.68. The van der Waals surface area contributed by atoms with Gasteiger partial charge < -0.3 is 5.32 Å². The highest BCUT2D eigenvalue weighted by Crippen LogP contribution is 2.23. The number of aromatic nitrogens is 3. The summed E-state index contributed by atoms with van der Waals surface area (Å²) < 4.78 is 25.6. The minimum Gasteiger partial charge on any atom is -0.304 e. The Kier molecular flexibility index (Phi) is 5.26. The van der Waals surface area contributed by atoms with Gasteiger partial charge in [0.25, 0.3) is 5.91 Å². The van der Waals surface area contributed by atoms with Crippen molar-refractivity contribution in [1.82, 2.24) is 19.3 Å². The number of sulfonamides is 1. The largest absolute Gasteiger partial charge is 0.304 e. The molecular formula is C17H16ClN5O3S. The summed E-state index contributed by atoms with van der Waals surface area (Å²) in [5.41, 5.74) is 0.754. The van der Waals surface area contributed by atoms with E-state index >= 15 is 0 Å². The monoisotopic (exact) mass is 405 g/mol. The molecule has 1 aromatic heterocycles. The van der Waals surface area contributed by atoms with Crippen molar-refractivity contribution in [1.29, 1.82) is 0 Å². The van der Waals surface area contributed by atoms with Crippen LogP contribution in [0.25, 0.3) is 5.69 Å². The summed E-state index contributed by atoms with van der Waals surface area (Å²) in [6, 6.07) is 13.1. The van der Waals surface area contributed by atoms with Gasteiger partial charge in [0.2, 0.25) is 10.0 Å². The van der Waals surface area contributed by atoms with Crippen LogP contribution in [0.3, 0.4) is 0 Å². The van der Waals surface area contributed by atoms with Crippen molar-refractivity contribution in [2.75, 3.05) is 19.4 Å². The maximum absolute atomic E-state index is 12.5. The van der Waals surface area contributed by atoms with E-state index in [0.29, 0.717) is 0 Å². The number of carbonyl (C=O) groups excluding carboxylic acids is 1. The van der Waals surface area contributed by atoms with Crippen molar-refractivity contribution in [2.45, 2.75) is 4.90 Å². The molecule has 0 aliphatic heterocycles. The first kappa shape index (κ1) is 19.0. The van der Waals surface area contributed by atoms with E-state index in [1.807, 2.05) is 30.3 Å². The summed E-state index contributed by atoms with van der Waals surface area (Å²) in [4.78, 5) is 13.9. The van der Waals surface area contributed by atoms with Gasteiger partial charge in [-0.3, -0.25) is 4.79 Å². The van der Waals surface area contributed by atoms with Crippen molar-refractivity contribution in [2.24, 2.45) is 0 Å². The Morgan fingerprint density at radius 1 is 1.15 bits per heavy atom. The molecule has 0 aliphatic carbocycles. The van der Waals surface area contributed by atoms with Crippen molar-refractivity contribution < 1.29 is 13.2 Å². The van der Waals surface area contributed by atoms with Gasteiger partial charge in [-0.15, -0.1) is 9.90 Å². The molecule has 10 heteroatoms. The van der Waals surface area contributed by atoms with Gasteiger partial charge in [0.1, 0.15) is 0 Å². The highest BCUT2D eigenvalue weighted by molar-refractivity contribution is 7.89. The molecule has 2 aromatic carbocycles. The molecule has 0 unspecified atom stereocenters. The molecule has 0 saturated heterocycles. The molecule has 0 aliphatic rings. The van der Waals surface area contributed by atoms with Crippen molar-refractivity contribution in [3.63, 3.8) is 0 Å². The standard InChI is InChI=1S/C17H16ClN5O3S/c1-22(2)27(25,26)13-8-9-15(18)14(10-13)17(24)20-16-11-19-23(21-16)12-6-4-3-5-7-12/h3-11H,1-2H3,(H,20,21,24). The lowest BCUT2D eigenvalue weighted by atomic mass is 10.2. The molecule has 140 valence electrons. The van der Waals surface area contributed by atoms with E-state index < -0.39 is 15.9 Å². The number of benzene rings is 2. The summed E-state index contributed by atoms with van der Waals surface area (Å²) >= 11 is 6.08. The van der Waals surface area contributed by atoms with Gasteiger partial charge in [0.15, 0.2) is 5.82 Å². The van der Waals surface area contributed by atoms with Crippen molar-refractivity contribution >= 4 is 33.3 Å². The molecule has 3 rings (SSSR count). The SMILES string of the molecule is CN(C)S(=O)(=O)c1ccc(Cl)c(C(=O)Nc2cnn(-c3ccccc3)n2)c1. The van der Waals surface area contributed by atoms with E-state index in [1.54, 1.807) is 0 Å². The number of hydrogen-bond acceptors (Lipinski definition) is 5. The zero-order chi connectivity index (χ0) is 19.6. The summed E-state index contributed by atoms with van der Waals surface area (Å²) in [6.45, 7) is 0. The average molecular weight is 406 g/mol. The zero-order valence-electron chi connectivity index (χ0n) is 14.5. The molecule has 0 fully saturated rings. The lowest BCUT2D eigenvalue weighted by molar-refractivity contribution is 0.102. The first-order chi connectivity index (χ1) is 12.8. The van der Waals surface area contributed by atoms with Gasteiger partial charge in [-0.05, 0) is 30.3 Å². The Morgan fingerprint density at radius 2 is 1.85 bits per heavy atom. The molecule has 1 amide bonds. The number of anilines is 1. The van der Waals surface area contributed by atoms with Gasteiger partial charge in [-0.1, -0.05) is 29.8 Å². The van der Waals surface area contributed by atoms with Gasteiger partial charge in [0, 0.05) is 14.1 Å². The van der Waals surface area contributed by atoms with E-state index in [9.17, 15) is 13.2 Å². The Morgan fingerprint density at radius 3 is 2.52 bits per heavy atom. The van der Waals surface area contributed by atoms with Crippen LogP contribution < -0.4 is 5.32 Å². The van der Waals surface area contributed by atoms with Crippen molar-refractivity contribution in [3.05, 3.63) is 65.3 Å². The second kappa shape index (κ2) is 7.47.